The van der Waals surface area contributed by atoms with Gasteiger partial charge in [-0.1, -0.05) is 59.6 Å². The number of amides is 1. The lowest BCUT2D eigenvalue weighted by molar-refractivity contribution is -0.151. The molecule has 0 heterocycles. The van der Waals surface area contributed by atoms with E-state index in [1.54, 1.807) is 33.8 Å². The quantitative estimate of drug-likeness (QED) is 0.496. The van der Waals surface area contributed by atoms with Crippen molar-refractivity contribution >= 4 is 35.3 Å². The molecular weight excluding hydrogens is 437 g/mol. The highest BCUT2D eigenvalue weighted by atomic mass is 35.5. The Kier molecular flexibility index (Phi) is 8.78. The largest absolute Gasteiger partial charge is 0.460 e. The molecule has 168 valence electrons. The van der Waals surface area contributed by atoms with E-state index in [-0.39, 0.29) is 5.92 Å². The van der Waals surface area contributed by atoms with E-state index in [2.05, 4.69) is 5.32 Å². The Morgan fingerprint density at radius 3 is 2.23 bits per heavy atom. The minimum absolute atomic E-state index is 0.115. The average molecular weight is 466 g/mol. The summed E-state index contributed by atoms with van der Waals surface area (Å²) in [5.74, 6) is -0.649. The molecule has 0 bridgehead atoms. The van der Waals surface area contributed by atoms with Crippen molar-refractivity contribution < 1.29 is 19.1 Å². The van der Waals surface area contributed by atoms with Gasteiger partial charge in [0, 0.05) is 5.92 Å². The average Bonchev–Trinajstić information content (AvgIpc) is 2.67. The Morgan fingerprint density at radius 2 is 1.65 bits per heavy atom. The summed E-state index contributed by atoms with van der Waals surface area (Å²) in [5.41, 5.74) is 1.35. The zero-order valence-electron chi connectivity index (χ0n) is 18.4. The van der Waals surface area contributed by atoms with Crippen molar-refractivity contribution in [3.05, 3.63) is 69.7 Å². The van der Waals surface area contributed by atoms with Gasteiger partial charge in [-0.05, 0) is 64.3 Å². The Bertz CT molecular complexity index is 896. The third-order valence-electron chi connectivity index (χ3n) is 4.62. The van der Waals surface area contributed by atoms with Gasteiger partial charge >= 0.3 is 12.1 Å². The van der Waals surface area contributed by atoms with E-state index in [9.17, 15) is 9.59 Å². The Morgan fingerprint density at radius 1 is 1.00 bits per heavy atom. The van der Waals surface area contributed by atoms with Crippen LogP contribution in [0.3, 0.4) is 0 Å². The van der Waals surface area contributed by atoms with Gasteiger partial charge in [-0.15, -0.1) is 0 Å². The molecule has 0 aliphatic carbocycles. The third-order valence-corrected chi connectivity index (χ3v) is 5.36. The summed E-state index contributed by atoms with van der Waals surface area (Å²) >= 11 is 12.2. The van der Waals surface area contributed by atoms with Crippen molar-refractivity contribution in [2.24, 2.45) is 0 Å². The number of alkyl carbamates (subject to hydrolysis) is 1. The van der Waals surface area contributed by atoms with Gasteiger partial charge in [-0.3, -0.25) is 0 Å². The maximum absolute atomic E-state index is 12.6. The molecule has 3 atom stereocenters. The van der Waals surface area contributed by atoms with Gasteiger partial charge < -0.3 is 14.8 Å². The topological polar surface area (TPSA) is 64.6 Å². The number of carbonyl (C=O) groups excluding carboxylic acids is 2. The number of ether oxygens (including phenoxy) is 2. The smallest absolute Gasteiger partial charge is 0.408 e. The van der Waals surface area contributed by atoms with Crippen molar-refractivity contribution in [3.63, 3.8) is 0 Å². The fourth-order valence-corrected chi connectivity index (χ4v) is 3.41. The minimum Gasteiger partial charge on any atom is -0.460 e. The van der Waals surface area contributed by atoms with Crippen molar-refractivity contribution in [1.29, 1.82) is 0 Å². The molecule has 0 radical (unpaired) electrons. The second kappa shape index (κ2) is 10.9. The summed E-state index contributed by atoms with van der Waals surface area (Å²) < 4.78 is 10.9. The fourth-order valence-electron chi connectivity index (χ4n) is 3.09. The summed E-state index contributed by atoms with van der Waals surface area (Å²) in [6.45, 7) is 8.67. The van der Waals surface area contributed by atoms with E-state index < -0.39 is 29.8 Å². The molecule has 2 aromatic rings. The molecule has 0 saturated carbocycles. The molecule has 1 N–H and O–H groups in total. The standard InChI is InChI=1S/C24H29Cl2NO4/c1-15(27-23(29)31-24(3,4)5)22(28)30-16(2)19(18-9-7-6-8-10-18)13-17-11-12-20(25)21(26)14-17/h6-12,14-16,19H,13H2,1-5H3,(H,27,29)/t15-,16-,19-/m0/s1. The monoisotopic (exact) mass is 465 g/mol. The number of nitrogens with one attached hydrogen (secondary N) is 1. The molecular formula is C24H29Cl2NO4. The summed E-state index contributed by atoms with van der Waals surface area (Å²) in [4.78, 5) is 24.6. The summed E-state index contributed by atoms with van der Waals surface area (Å²) in [5, 5.41) is 3.48. The highest BCUT2D eigenvalue weighted by molar-refractivity contribution is 6.42. The van der Waals surface area contributed by atoms with Crippen LogP contribution < -0.4 is 5.32 Å². The molecule has 31 heavy (non-hydrogen) atoms. The van der Waals surface area contributed by atoms with Crippen LogP contribution in [0.2, 0.25) is 10.0 Å². The lowest BCUT2D eigenvalue weighted by Crippen LogP contribution is -2.43. The second-order valence-corrected chi connectivity index (χ2v) is 9.29. The Labute approximate surface area is 194 Å². The number of hydrogen-bond acceptors (Lipinski definition) is 4. The number of esters is 1. The van der Waals surface area contributed by atoms with E-state index in [0.717, 1.165) is 11.1 Å². The zero-order valence-corrected chi connectivity index (χ0v) is 20.0. The van der Waals surface area contributed by atoms with Crippen LogP contribution in [0.15, 0.2) is 48.5 Å². The predicted octanol–water partition coefficient (Wildman–Crippen LogP) is 6.16. The first-order chi connectivity index (χ1) is 14.5. The molecule has 0 aromatic heterocycles. The van der Waals surface area contributed by atoms with Crippen LogP contribution in [0, 0.1) is 0 Å². The number of rotatable bonds is 7. The molecule has 1 amide bonds. The zero-order chi connectivity index (χ0) is 23.2. The maximum Gasteiger partial charge on any atom is 0.408 e. The third kappa shape index (κ3) is 8.08. The van der Waals surface area contributed by atoms with Crippen LogP contribution in [0.25, 0.3) is 0 Å². The van der Waals surface area contributed by atoms with Gasteiger partial charge in [0.05, 0.1) is 10.0 Å². The van der Waals surface area contributed by atoms with Crippen molar-refractivity contribution in [2.45, 2.75) is 64.7 Å². The number of benzene rings is 2. The van der Waals surface area contributed by atoms with Crippen LogP contribution in [0.4, 0.5) is 4.79 Å². The minimum atomic E-state index is -0.848. The number of halogens is 2. The Hall–Kier alpha value is -2.24. The molecule has 0 fully saturated rings. The second-order valence-electron chi connectivity index (χ2n) is 8.48. The molecule has 0 unspecified atom stereocenters. The number of hydrogen-bond donors (Lipinski definition) is 1. The number of carbonyl (C=O) groups is 2. The first-order valence-electron chi connectivity index (χ1n) is 10.1. The molecule has 7 heteroatoms. The molecule has 0 saturated heterocycles. The highest BCUT2D eigenvalue weighted by Crippen LogP contribution is 2.30. The fraction of sp³-hybridized carbons (Fsp3) is 0.417. The predicted molar refractivity (Wildman–Crippen MR) is 124 cm³/mol. The first-order valence-corrected chi connectivity index (χ1v) is 10.9. The van der Waals surface area contributed by atoms with Crippen molar-refractivity contribution in [3.8, 4) is 0 Å². The summed E-state index contributed by atoms with van der Waals surface area (Å²) in [7, 11) is 0. The highest BCUT2D eigenvalue weighted by Gasteiger charge is 2.27. The molecule has 2 rings (SSSR count). The normalized spacial score (nSPS) is 14.3. The van der Waals surface area contributed by atoms with E-state index in [4.69, 9.17) is 32.7 Å². The van der Waals surface area contributed by atoms with E-state index in [1.807, 2.05) is 49.4 Å². The van der Waals surface area contributed by atoms with Crippen LogP contribution in [-0.4, -0.2) is 29.8 Å². The van der Waals surface area contributed by atoms with Crippen LogP contribution >= 0.6 is 23.2 Å². The van der Waals surface area contributed by atoms with Gasteiger partial charge in [0.25, 0.3) is 0 Å². The first kappa shape index (κ1) is 25.0. The van der Waals surface area contributed by atoms with Crippen molar-refractivity contribution in [2.75, 3.05) is 0 Å². The van der Waals surface area contributed by atoms with Crippen LogP contribution in [0.5, 0.6) is 0 Å². The van der Waals surface area contributed by atoms with Gasteiger partial charge in [0.15, 0.2) is 0 Å². The van der Waals surface area contributed by atoms with E-state index >= 15 is 0 Å². The molecule has 0 spiro atoms. The summed E-state index contributed by atoms with van der Waals surface area (Å²) in [6.07, 6.45) is -0.518. The van der Waals surface area contributed by atoms with Crippen molar-refractivity contribution in [1.82, 2.24) is 5.32 Å². The lowest BCUT2D eigenvalue weighted by Gasteiger charge is -2.27. The molecule has 2 aromatic carbocycles. The lowest BCUT2D eigenvalue weighted by atomic mass is 9.88. The van der Waals surface area contributed by atoms with E-state index in [1.165, 1.54) is 0 Å². The van der Waals surface area contributed by atoms with Crippen LogP contribution in [-0.2, 0) is 20.7 Å². The Balaban J connectivity index is 2.11. The molecule has 0 aliphatic rings. The summed E-state index contributed by atoms with van der Waals surface area (Å²) in [6, 6.07) is 14.4. The SMILES string of the molecule is C[C@H](NC(=O)OC(C)(C)C)C(=O)O[C@@H](C)[C@H](Cc1ccc(Cl)c(Cl)c1)c1ccccc1. The van der Waals surface area contributed by atoms with Gasteiger partial charge in [-0.2, -0.15) is 0 Å². The molecule has 5 nitrogen and oxygen atoms in total. The van der Waals surface area contributed by atoms with E-state index in [0.29, 0.717) is 16.5 Å². The van der Waals surface area contributed by atoms with Gasteiger partial charge in [0.1, 0.15) is 17.7 Å². The van der Waals surface area contributed by atoms with Crippen LogP contribution in [0.1, 0.15) is 51.7 Å². The molecule has 0 aliphatic heterocycles. The van der Waals surface area contributed by atoms with Gasteiger partial charge in [-0.25, -0.2) is 9.59 Å². The maximum atomic E-state index is 12.6. The van der Waals surface area contributed by atoms with Gasteiger partial charge in [0.2, 0.25) is 0 Å².